The van der Waals surface area contributed by atoms with Crippen LogP contribution in [0.1, 0.15) is 39.2 Å². The third kappa shape index (κ3) is 3.05. The Kier molecular flexibility index (Phi) is 3.96. The van der Waals surface area contributed by atoms with E-state index in [0.29, 0.717) is 17.6 Å². The maximum absolute atomic E-state index is 5.99. The molecule has 100 valence electrons. The van der Waals surface area contributed by atoms with Crippen molar-refractivity contribution >= 4 is 0 Å². The Morgan fingerprint density at radius 1 is 1.33 bits per heavy atom. The van der Waals surface area contributed by atoms with E-state index in [9.17, 15) is 0 Å². The number of fused-ring (bicyclic) bond motifs is 1. The summed E-state index contributed by atoms with van der Waals surface area (Å²) in [4.78, 5) is 0. The molecule has 2 rings (SSSR count). The molecule has 2 heteroatoms. The number of benzene rings is 1. The van der Waals surface area contributed by atoms with Crippen molar-refractivity contribution in [2.45, 2.75) is 52.2 Å². The van der Waals surface area contributed by atoms with Crippen LogP contribution >= 0.6 is 0 Å². The second-order valence-electron chi connectivity index (χ2n) is 6.34. The van der Waals surface area contributed by atoms with Gasteiger partial charge in [0.1, 0.15) is 11.9 Å². The molecule has 1 N–H and O–H groups in total. The zero-order chi connectivity index (χ0) is 13.2. The van der Waals surface area contributed by atoms with Crippen LogP contribution in [0.3, 0.4) is 0 Å². The van der Waals surface area contributed by atoms with E-state index in [-0.39, 0.29) is 0 Å². The van der Waals surface area contributed by atoms with Crippen molar-refractivity contribution in [1.29, 1.82) is 0 Å². The summed E-state index contributed by atoms with van der Waals surface area (Å²) < 4.78 is 5.99. The molecule has 0 bridgehead atoms. The van der Waals surface area contributed by atoms with Crippen LogP contribution in [-0.2, 0) is 6.42 Å². The average molecular weight is 247 g/mol. The zero-order valence-electron chi connectivity index (χ0n) is 12.0. The van der Waals surface area contributed by atoms with Crippen molar-refractivity contribution in [3.05, 3.63) is 29.8 Å². The number of para-hydroxylation sites is 1. The van der Waals surface area contributed by atoms with Gasteiger partial charge >= 0.3 is 0 Å². The Labute approximate surface area is 111 Å². The van der Waals surface area contributed by atoms with Gasteiger partial charge in [-0.15, -0.1) is 0 Å². The summed E-state index contributed by atoms with van der Waals surface area (Å²) >= 11 is 0. The first-order chi connectivity index (χ1) is 8.50. The van der Waals surface area contributed by atoms with Gasteiger partial charge in [-0.1, -0.05) is 39.0 Å². The normalized spacial score (nSPS) is 20.3. The lowest BCUT2D eigenvalue weighted by Crippen LogP contribution is -2.38. The predicted molar refractivity (Wildman–Crippen MR) is 76.1 cm³/mol. The molecule has 0 spiro atoms. The van der Waals surface area contributed by atoms with Crippen LogP contribution < -0.4 is 10.1 Å². The van der Waals surface area contributed by atoms with Gasteiger partial charge in [-0.3, -0.25) is 0 Å². The van der Waals surface area contributed by atoms with Crippen molar-refractivity contribution < 1.29 is 4.74 Å². The van der Waals surface area contributed by atoms with Crippen LogP contribution in [0.4, 0.5) is 0 Å². The van der Waals surface area contributed by atoms with Crippen LogP contribution in [-0.4, -0.2) is 19.2 Å². The highest BCUT2D eigenvalue weighted by molar-refractivity contribution is 5.37. The van der Waals surface area contributed by atoms with Crippen molar-refractivity contribution in [3.63, 3.8) is 0 Å². The summed E-state index contributed by atoms with van der Waals surface area (Å²) in [5.41, 5.74) is 1.67. The largest absolute Gasteiger partial charge is 0.490 e. The molecule has 0 aromatic heterocycles. The quantitative estimate of drug-likeness (QED) is 0.880. The van der Waals surface area contributed by atoms with Crippen LogP contribution in [0.25, 0.3) is 0 Å². The van der Waals surface area contributed by atoms with E-state index in [4.69, 9.17) is 4.74 Å². The molecule has 0 aliphatic carbocycles. The summed E-state index contributed by atoms with van der Waals surface area (Å²) in [6.07, 6.45) is 3.72. The van der Waals surface area contributed by atoms with Crippen molar-refractivity contribution in [2.24, 2.45) is 5.41 Å². The van der Waals surface area contributed by atoms with E-state index in [1.807, 2.05) is 6.07 Å². The molecule has 0 saturated carbocycles. The van der Waals surface area contributed by atoms with Gasteiger partial charge < -0.3 is 10.1 Å². The highest BCUT2D eigenvalue weighted by Gasteiger charge is 2.27. The second-order valence-corrected chi connectivity index (χ2v) is 6.34. The van der Waals surface area contributed by atoms with E-state index in [2.05, 4.69) is 51.3 Å². The highest BCUT2D eigenvalue weighted by Crippen LogP contribution is 2.31. The van der Waals surface area contributed by atoms with Gasteiger partial charge in [0.2, 0.25) is 0 Å². The van der Waals surface area contributed by atoms with E-state index in [0.717, 1.165) is 18.6 Å². The molecule has 1 heterocycles. The van der Waals surface area contributed by atoms with Crippen LogP contribution in [0.15, 0.2) is 24.3 Å². The minimum absolute atomic E-state index is 0.306. The summed E-state index contributed by atoms with van der Waals surface area (Å²) in [5, 5.41) is 3.43. The second kappa shape index (κ2) is 5.31. The number of rotatable bonds is 4. The van der Waals surface area contributed by atoms with E-state index in [1.54, 1.807) is 0 Å². The molecule has 18 heavy (non-hydrogen) atoms. The lowest BCUT2D eigenvalue weighted by molar-refractivity contribution is 0.188. The van der Waals surface area contributed by atoms with Crippen LogP contribution in [0, 0.1) is 5.41 Å². The molecule has 0 radical (unpaired) electrons. The maximum atomic E-state index is 5.99. The minimum Gasteiger partial charge on any atom is -0.490 e. The predicted octanol–water partition coefficient (Wildman–Crippen LogP) is 3.40. The average Bonchev–Trinajstić information content (AvgIpc) is 2.70. The first kappa shape index (κ1) is 13.4. The van der Waals surface area contributed by atoms with E-state index < -0.39 is 0 Å². The fraction of sp³-hybridized carbons (Fsp3) is 0.625. The molecule has 1 aromatic carbocycles. The molecule has 0 saturated heterocycles. The third-order valence-corrected chi connectivity index (χ3v) is 3.88. The fourth-order valence-corrected chi connectivity index (χ4v) is 2.78. The highest BCUT2D eigenvalue weighted by atomic mass is 16.5. The fourth-order valence-electron chi connectivity index (χ4n) is 2.78. The molecule has 0 amide bonds. The van der Waals surface area contributed by atoms with E-state index >= 15 is 0 Å². The Bertz CT molecular complexity index is 369. The van der Waals surface area contributed by atoms with Crippen molar-refractivity contribution in [2.75, 3.05) is 7.05 Å². The molecular weight excluding hydrogens is 222 g/mol. The number of hydrogen-bond donors (Lipinski definition) is 1. The minimum atomic E-state index is 0.306. The lowest BCUT2D eigenvalue weighted by Gasteiger charge is -2.31. The van der Waals surface area contributed by atoms with Crippen molar-refractivity contribution in [3.8, 4) is 5.75 Å². The summed E-state index contributed by atoms with van der Waals surface area (Å²) in [7, 11) is 2.06. The van der Waals surface area contributed by atoms with Gasteiger partial charge in [-0.25, -0.2) is 0 Å². The molecular formula is C16H25NO. The van der Waals surface area contributed by atoms with Gasteiger partial charge in [0.25, 0.3) is 0 Å². The molecule has 2 nitrogen and oxygen atoms in total. The number of nitrogens with one attached hydrogen (secondary N) is 1. The molecule has 1 aliphatic rings. The lowest BCUT2D eigenvalue weighted by atomic mass is 9.83. The van der Waals surface area contributed by atoms with Crippen molar-refractivity contribution in [1.82, 2.24) is 5.32 Å². The van der Waals surface area contributed by atoms with Crippen LogP contribution in [0.2, 0.25) is 0 Å². The Balaban J connectivity index is 1.87. The molecule has 2 unspecified atom stereocenters. The summed E-state index contributed by atoms with van der Waals surface area (Å²) in [6, 6.07) is 8.94. The smallest absolute Gasteiger partial charge is 0.123 e. The molecule has 2 atom stereocenters. The van der Waals surface area contributed by atoms with Gasteiger partial charge in [0.15, 0.2) is 0 Å². The maximum Gasteiger partial charge on any atom is 0.123 e. The Morgan fingerprint density at radius 3 is 2.67 bits per heavy atom. The van der Waals surface area contributed by atoms with E-state index in [1.165, 1.54) is 12.0 Å². The Hall–Kier alpha value is -1.02. The third-order valence-electron chi connectivity index (χ3n) is 3.88. The van der Waals surface area contributed by atoms with Gasteiger partial charge in [-0.05, 0) is 36.9 Å². The first-order valence-electron chi connectivity index (χ1n) is 6.92. The SMILES string of the molecule is CNC(CCC1Cc2ccccc2O1)C(C)(C)C. The topological polar surface area (TPSA) is 21.3 Å². The summed E-state index contributed by atoms with van der Waals surface area (Å²) in [5.74, 6) is 1.08. The Morgan fingerprint density at radius 2 is 2.06 bits per heavy atom. The number of hydrogen-bond acceptors (Lipinski definition) is 2. The zero-order valence-corrected chi connectivity index (χ0v) is 12.0. The molecule has 1 aliphatic heterocycles. The standard InChI is InChI=1S/C16H25NO/c1-16(2,3)15(17-4)10-9-13-11-12-7-5-6-8-14(12)18-13/h5-8,13,15,17H,9-11H2,1-4H3. The molecule has 1 aromatic rings. The number of ether oxygens (including phenoxy) is 1. The summed E-state index contributed by atoms with van der Waals surface area (Å²) in [6.45, 7) is 6.87. The van der Waals surface area contributed by atoms with Gasteiger partial charge in [0.05, 0.1) is 0 Å². The monoisotopic (exact) mass is 247 g/mol. The van der Waals surface area contributed by atoms with Gasteiger partial charge in [0, 0.05) is 12.5 Å². The first-order valence-corrected chi connectivity index (χ1v) is 6.92. The molecule has 0 fully saturated rings. The van der Waals surface area contributed by atoms with Crippen LogP contribution in [0.5, 0.6) is 5.75 Å². The van der Waals surface area contributed by atoms with Gasteiger partial charge in [-0.2, -0.15) is 0 Å².